The topological polar surface area (TPSA) is 160 Å². The first kappa shape index (κ1) is 35.0. The smallest absolute Gasteiger partial charge is 0.290 e. The van der Waals surface area contributed by atoms with Crippen LogP contribution in [0.4, 0.5) is 0 Å². The summed E-state index contributed by atoms with van der Waals surface area (Å²) >= 11 is 0. The van der Waals surface area contributed by atoms with Gasteiger partial charge in [0.05, 0.1) is 0 Å². The third-order valence-corrected chi connectivity index (χ3v) is 7.15. The fraction of sp³-hybridized carbons (Fsp3) is 0.364. The highest BCUT2D eigenvalue weighted by atomic mass is 16.3. The molecular formula is C33H47N5O3. The molecule has 0 atom stereocenters. The minimum atomic E-state index is -0.250. The van der Waals surface area contributed by atoms with Crippen molar-refractivity contribution >= 4 is 18.2 Å². The van der Waals surface area contributed by atoms with E-state index in [0.717, 1.165) is 59.1 Å². The van der Waals surface area contributed by atoms with Crippen molar-refractivity contribution in [2.45, 2.75) is 78.3 Å². The van der Waals surface area contributed by atoms with Crippen LogP contribution in [0.15, 0.2) is 72.8 Å². The van der Waals surface area contributed by atoms with Gasteiger partial charge in [-0.15, -0.1) is 0 Å². The zero-order chi connectivity index (χ0) is 30.8. The van der Waals surface area contributed by atoms with E-state index >= 15 is 0 Å². The maximum absolute atomic E-state index is 13.0. The van der Waals surface area contributed by atoms with Crippen molar-refractivity contribution in [1.82, 2.24) is 4.90 Å². The lowest BCUT2D eigenvalue weighted by molar-refractivity contribution is -0.141. The van der Waals surface area contributed by atoms with Gasteiger partial charge in [-0.2, -0.15) is 0 Å². The van der Waals surface area contributed by atoms with E-state index in [2.05, 4.69) is 72.9 Å². The molecule has 41 heavy (non-hydrogen) atoms. The number of carbonyl (C=O) groups excluding carboxylic acids is 1. The van der Waals surface area contributed by atoms with Crippen molar-refractivity contribution in [2.75, 3.05) is 0 Å². The second-order valence-electron chi connectivity index (χ2n) is 9.78. The Kier molecular flexibility index (Phi) is 15.7. The van der Waals surface area contributed by atoms with Gasteiger partial charge < -0.3 is 15.7 Å². The summed E-state index contributed by atoms with van der Waals surface area (Å²) in [5.74, 6) is 8.33. The molecule has 0 radical (unpaired) electrons. The zero-order valence-electron chi connectivity index (χ0n) is 24.9. The monoisotopic (exact) mass is 561 g/mol. The molecule has 1 aliphatic rings. The lowest BCUT2D eigenvalue weighted by atomic mass is 9.76. The van der Waals surface area contributed by atoms with Crippen LogP contribution in [-0.4, -0.2) is 33.8 Å². The molecule has 0 aliphatic heterocycles. The minimum absolute atomic E-state index is 0.0185. The lowest BCUT2D eigenvalue weighted by Crippen LogP contribution is -2.53. The van der Waals surface area contributed by atoms with E-state index in [0.29, 0.717) is 13.0 Å². The average Bonchev–Trinajstić information content (AvgIpc) is 3.00. The Morgan fingerprint density at radius 2 is 1.54 bits per heavy atom. The number of benzene rings is 3. The molecule has 0 bridgehead atoms. The van der Waals surface area contributed by atoms with Gasteiger partial charge >= 0.3 is 0 Å². The van der Waals surface area contributed by atoms with Crippen molar-refractivity contribution in [2.24, 2.45) is 17.4 Å². The number of nitrogens with one attached hydrogen (secondary N) is 1. The molecule has 3 aromatic rings. The minimum Gasteiger partial charge on any atom is -0.483 e. The fourth-order valence-electron chi connectivity index (χ4n) is 4.80. The number of nitrogen functional groups attached to an aromatic ring is 1. The number of hydrazine groups is 1. The molecule has 1 saturated carbocycles. The van der Waals surface area contributed by atoms with Crippen LogP contribution in [-0.2, 0) is 16.1 Å². The molecule has 3 aromatic carbocycles. The molecular weight excluding hydrogens is 514 g/mol. The predicted octanol–water partition coefficient (Wildman–Crippen LogP) is 6.31. The lowest BCUT2D eigenvalue weighted by Gasteiger charge is -2.48. The second kappa shape index (κ2) is 18.4. The average molecular weight is 562 g/mol. The maximum Gasteiger partial charge on any atom is 0.290 e. The Hall–Kier alpha value is -4.01. The van der Waals surface area contributed by atoms with Crippen LogP contribution in [0.5, 0.6) is 0 Å². The quantitative estimate of drug-likeness (QED) is 0.0676. The van der Waals surface area contributed by atoms with Gasteiger partial charge in [0.1, 0.15) is 5.84 Å². The van der Waals surface area contributed by atoms with Crippen LogP contribution in [0.1, 0.15) is 77.3 Å². The van der Waals surface area contributed by atoms with Crippen LogP contribution >= 0.6 is 0 Å². The number of hydrogen-bond donors (Lipinski definition) is 5. The van der Waals surface area contributed by atoms with E-state index in [4.69, 9.17) is 21.0 Å². The molecule has 0 heterocycles. The summed E-state index contributed by atoms with van der Waals surface area (Å²) in [5.41, 5.74) is 11.9. The number of carbonyl (C=O) groups is 2. The van der Waals surface area contributed by atoms with Crippen molar-refractivity contribution in [3.63, 3.8) is 0 Å². The SMILES string of the molecule is CC.CCCCC(=O)N(Cc1ccc(-c2cc(-c3ccccc3)ccc2C(=N)N)cc1)C1(C)CCC1.NN.O=CO. The highest BCUT2D eigenvalue weighted by Crippen LogP contribution is 2.39. The first-order chi connectivity index (χ1) is 19.8. The Morgan fingerprint density at radius 3 is 2.02 bits per heavy atom. The molecule has 8 N–H and O–H groups in total. The molecule has 8 nitrogen and oxygen atoms in total. The van der Waals surface area contributed by atoms with Crippen LogP contribution in [0.3, 0.4) is 0 Å². The Bertz CT molecular complexity index is 1210. The van der Waals surface area contributed by atoms with E-state index in [9.17, 15) is 4.79 Å². The van der Waals surface area contributed by atoms with Gasteiger partial charge in [-0.3, -0.25) is 26.7 Å². The second-order valence-corrected chi connectivity index (χ2v) is 9.78. The van der Waals surface area contributed by atoms with Crippen molar-refractivity contribution in [1.29, 1.82) is 5.41 Å². The Morgan fingerprint density at radius 1 is 0.976 bits per heavy atom. The van der Waals surface area contributed by atoms with E-state index in [1.807, 2.05) is 44.2 Å². The van der Waals surface area contributed by atoms with Gasteiger partial charge in [0.15, 0.2) is 0 Å². The number of nitrogens with zero attached hydrogens (tertiary/aromatic N) is 1. The summed E-state index contributed by atoms with van der Waals surface area (Å²) in [6.07, 6.45) is 5.95. The van der Waals surface area contributed by atoms with Gasteiger partial charge in [-0.1, -0.05) is 93.9 Å². The molecule has 1 amide bonds. The third kappa shape index (κ3) is 9.84. The summed E-state index contributed by atoms with van der Waals surface area (Å²) < 4.78 is 0. The van der Waals surface area contributed by atoms with Crippen LogP contribution < -0.4 is 17.4 Å². The van der Waals surface area contributed by atoms with Gasteiger partial charge in [-0.05, 0) is 66.5 Å². The number of amidine groups is 1. The van der Waals surface area contributed by atoms with Crippen LogP contribution in [0, 0.1) is 5.41 Å². The molecule has 4 rings (SSSR count). The van der Waals surface area contributed by atoms with Crippen molar-refractivity contribution < 1.29 is 14.7 Å². The number of amides is 1. The Labute approximate surface area is 245 Å². The summed E-state index contributed by atoms with van der Waals surface area (Å²) in [6.45, 7) is 8.75. The number of nitrogens with two attached hydrogens (primary N) is 3. The summed E-state index contributed by atoms with van der Waals surface area (Å²) in [6, 6.07) is 24.7. The number of carboxylic acid groups (broad SMARTS) is 1. The first-order valence-electron chi connectivity index (χ1n) is 14.2. The fourth-order valence-corrected chi connectivity index (χ4v) is 4.80. The van der Waals surface area contributed by atoms with Gasteiger partial charge in [0, 0.05) is 24.1 Å². The molecule has 8 heteroatoms. The van der Waals surface area contributed by atoms with Crippen molar-refractivity contribution in [3.05, 3.63) is 83.9 Å². The van der Waals surface area contributed by atoms with Crippen molar-refractivity contribution in [3.8, 4) is 22.3 Å². The summed E-state index contributed by atoms with van der Waals surface area (Å²) in [7, 11) is 0. The molecule has 0 unspecified atom stereocenters. The number of rotatable bonds is 9. The standard InChI is InChI=1S/C30H35N3O.C2H6.CH2O2.H4N2/c1-3-4-11-28(34)33(30(2)18-8-19-30)21-22-12-14-24(15-13-22)27-20-25(16-17-26(27)29(31)32)23-9-6-5-7-10-23;1-2;2-1-3;1-2/h5-7,9-10,12-17,20H,3-4,8,11,18-19,21H2,1-2H3,(H3,31,32);1-2H3;1H,(H,2,3);1-2H2. The van der Waals surface area contributed by atoms with Crippen LogP contribution in [0.25, 0.3) is 22.3 Å². The largest absolute Gasteiger partial charge is 0.483 e. The van der Waals surface area contributed by atoms with Gasteiger partial charge in [-0.25, -0.2) is 0 Å². The highest BCUT2D eigenvalue weighted by molar-refractivity contribution is 6.02. The normalized spacial score (nSPS) is 12.4. The molecule has 0 saturated heterocycles. The number of hydrogen-bond acceptors (Lipinski definition) is 5. The third-order valence-electron chi connectivity index (χ3n) is 7.15. The summed E-state index contributed by atoms with van der Waals surface area (Å²) in [4.78, 5) is 23.5. The maximum atomic E-state index is 13.0. The predicted molar refractivity (Wildman–Crippen MR) is 169 cm³/mol. The zero-order valence-corrected chi connectivity index (χ0v) is 24.9. The summed E-state index contributed by atoms with van der Waals surface area (Å²) in [5, 5.41) is 15.0. The van der Waals surface area contributed by atoms with Gasteiger partial charge in [0.2, 0.25) is 5.91 Å². The molecule has 0 aromatic heterocycles. The molecule has 222 valence electrons. The van der Waals surface area contributed by atoms with E-state index in [1.54, 1.807) is 0 Å². The van der Waals surface area contributed by atoms with E-state index in [1.165, 1.54) is 6.42 Å². The van der Waals surface area contributed by atoms with E-state index < -0.39 is 0 Å². The number of unbranched alkanes of at least 4 members (excludes halogenated alkanes) is 1. The molecule has 0 spiro atoms. The molecule has 1 aliphatic carbocycles. The van der Waals surface area contributed by atoms with Gasteiger partial charge in [0.25, 0.3) is 6.47 Å². The Balaban J connectivity index is 0.00000110. The first-order valence-corrected chi connectivity index (χ1v) is 14.2. The molecule has 1 fully saturated rings. The van der Waals surface area contributed by atoms with E-state index in [-0.39, 0.29) is 23.8 Å². The highest BCUT2D eigenvalue weighted by Gasteiger charge is 2.40. The van der Waals surface area contributed by atoms with Crippen LogP contribution in [0.2, 0.25) is 0 Å².